The van der Waals surface area contributed by atoms with Gasteiger partial charge in [0.05, 0.1) is 5.92 Å². The molecule has 0 heterocycles. The first-order chi connectivity index (χ1) is 10.1. The van der Waals surface area contributed by atoms with Crippen LogP contribution in [0.5, 0.6) is 0 Å². The lowest BCUT2D eigenvalue weighted by atomic mass is 9.94. The van der Waals surface area contributed by atoms with Crippen molar-refractivity contribution in [2.45, 2.75) is 49.6 Å². The van der Waals surface area contributed by atoms with Crippen LogP contribution in [0.15, 0.2) is 29.2 Å². The van der Waals surface area contributed by atoms with E-state index in [0.29, 0.717) is 6.54 Å². The number of carbonyl (C=O) groups is 1. The van der Waals surface area contributed by atoms with Gasteiger partial charge in [-0.2, -0.15) is 0 Å². The van der Waals surface area contributed by atoms with E-state index >= 15 is 0 Å². The number of carbonyl (C=O) groups excluding carboxylic acids is 1. The van der Waals surface area contributed by atoms with E-state index in [1.54, 1.807) is 11.8 Å². The van der Waals surface area contributed by atoms with Crippen LogP contribution in [0.4, 0.5) is 0 Å². The second-order valence-corrected chi connectivity index (χ2v) is 6.83. The Kier molecular flexibility index (Phi) is 6.12. The fraction of sp³-hybridized carbons (Fsp3) is 0.588. The van der Waals surface area contributed by atoms with Gasteiger partial charge in [0.25, 0.3) is 0 Å². The van der Waals surface area contributed by atoms with Crippen LogP contribution in [0.3, 0.4) is 0 Å². The van der Waals surface area contributed by atoms with Crippen molar-refractivity contribution in [1.82, 2.24) is 4.90 Å². The Hall–Kier alpha value is -1.00. The first-order valence-corrected chi connectivity index (χ1v) is 8.98. The fourth-order valence-corrected chi connectivity index (χ4v) is 3.42. The molecule has 2 atom stereocenters. The Bertz CT molecular complexity index is 460. The number of hydrogen-bond donors (Lipinski definition) is 1. The monoisotopic (exact) mass is 306 g/mol. The predicted molar refractivity (Wildman–Crippen MR) is 89.2 cm³/mol. The zero-order chi connectivity index (χ0) is 15.2. The van der Waals surface area contributed by atoms with Gasteiger partial charge in [-0.1, -0.05) is 31.4 Å². The molecular weight excluding hydrogens is 280 g/mol. The summed E-state index contributed by atoms with van der Waals surface area (Å²) in [5, 5.41) is 0. The van der Waals surface area contributed by atoms with E-state index in [2.05, 4.69) is 30.5 Å². The van der Waals surface area contributed by atoms with Crippen LogP contribution in [0.2, 0.25) is 0 Å². The lowest BCUT2D eigenvalue weighted by Crippen LogP contribution is -2.41. The highest BCUT2D eigenvalue weighted by Crippen LogP contribution is 2.24. The molecule has 2 N–H and O–H groups in total. The minimum atomic E-state index is 0.00275. The minimum Gasteiger partial charge on any atom is -0.341 e. The minimum absolute atomic E-state index is 0.00275. The van der Waals surface area contributed by atoms with E-state index in [1.807, 2.05) is 11.9 Å². The van der Waals surface area contributed by atoms with Crippen LogP contribution in [-0.4, -0.2) is 30.2 Å². The zero-order valence-corrected chi connectivity index (χ0v) is 13.9. The van der Waals surface area contributed by atoms with Crippen LogP contribution in [0.25, 0.3) is 0 Å². The van der Waals surface area contributed by atoms with Gasteiger partial charge in [0.15, 0.2) is 0 Å². The quantitative estimate of drug-likeness (QED) is 0.686. The van der Waals surface area contributed by atoms with E-state index in [-0.39, 0.29) is 17.9 Å². The van der Waals surface area contributed by atoms with Gasteiger partial charge < -0.3 is 10.6 Å². The highest BCUT2D eigenvalue weighted by atomic mass is 32.2. The standard InChI is InChI=1S/C17H26N2OS/c1-19(12-13-8-10-14(21-2)11-9-13)17(20)15-6-4-3-5-7-16(15)18/h8-11,15-16H,3-7,12,18H2,1-2H3. The van der Waals surface area contributed by atoms with Crippen molar-refractivity contribution in [3.63, 3.8) is 0 Å². The molecule has 0 saturated heterocycles. The molecule has 1 aliphatic carbocycles. The van der Waals surface area contributed by atoms with E-state index in [1.165, 1.54) is 16.9 Å². The first kappa shape index (κ1) is 16.4. The molecule has 4 heteroatoms. The summed E-state index contributed by atoms with van der Waals surface area (Å²) in [6, 6.07) is 8.44. The Labute approximate surface area is 132 Å². The van der Waals surface area contributed by atoms with Gasteiger partial charge in [-0.3, -0.25) is 4.79 Å². The summed E-state index contributed by atoms with van der Waals surface area (Å²) >= 11 is 1.73. The average Bonchev–Trinajstić information content (AvgIpc) is 2.71. The third-order valence-electron chi connectivity index (χ3n) is 4.34. The highest BCUT2D eigenvalue weighted by Gasteiger charge is 2.29. The van der Waals surface area contributed by atoms with Gasteiger partial charge in [0.2, 0.25) is 5.91 Å². The van der Waals surface area contributed by atoms with Gasteiger partial charge in [-0.05, 0) is 36.8 Å². The molecule has 0 aliphatic heterocycles. The summed E-state index contributed by atoms with van der Waals surface area (Å²) in [6.45, 7) is 0.663. The van der Waals surface area contributed by atoms with Gasteiger partial charge in [-0.15, -0.1) is 11.8 Å². The zero-order valence-electron chi connectivity index (χ0n) is 13.0. The summed E-state index contributed by atoms with van der Waals surface area (Å²) in [5.41, 5.74) is 7.37. The maximum Gasteiger partial charge on any atom is 0.227 e. The second kappa shape index (κ2) is 7.85. The molecule has 1 aromatic carbocycles. The number of benzene rings is 1. The molecule has 3 nitrogen and oxygen atoms in total. The van der Waals surface area contributed by atoms with E-state index in [0.717, 1.165) is 25.7 Å². The highest BCUT2D eigenvalue weighted by molar-refractivity contribution is 7.98. The smallest absolute Gasteiger partial charge is 0.227 e. The average molecular weight is 306 g/mol. The van der Waals surface area contributed by atoms with Crippen molar-refractivity contribution in [3.05, 3.63) is 29.8 Å². The van der Waals surface area contributed by atoms with Crippen molar-refractivity contribution in [1.29, 1.82) is 0 Å². The van der Waals surface area contributed by atoms with E-state index in [9.17, 15) is 4.79 Å². The van der Waals surface area contributed by atoms with Crippen molar-refractivity contribution < 1.29 is 4.79 Å². The Morgan fingerprint density at radius 2 is 1.90 bits per heavy atom. The maximum atomic E-state index is 12.6. The molecule has 2 rings (SSSR count). The number of thioether (sulfide) groups is 1. The van der Waals surface area contributed by atoms with Gasteiger partial charge in [-0.25, -0.2) is 0 Å². The summed E-state index contributed by atoms with van der Waals surface area (Å²) in [6.07, 6.45) is 7.48. The summed E-state index contributed by atoms with van der Waals surface area (Å²) in [5.74, 6) is 0.210. The topological polar surface area (TPSA) is 46.3 Å². The van der Waals surface area contributed by atoms with E-state index in [4.69, 9.17) is 5.73 Å². The van der Waals surface area contributed by atoms with Gasteiger partial charge >= 0.3 is 0 Å². The molecule has 0 bridgehead atoms. The van der Waals surface area contributed by atoms with Crippen LogP contribution in [0, 0.1) is 5.92 Å². The summed E-state index contributed by atoms with van der Waals surface area (Å²) < 4.78 is 0. The summed E-state index contributed by atoms with van der Waals surface area (Å²) in [4.78, 5) is 15.7. The molecule has 1 aromatic rings. The molecular formula is C17H26N2OS. The molecule has 1 aliphatic rings. The Balaban J connectivity index is 1.97. The lowest BCUT2D eigenvalue weighted by Gasteiger charge is -2.26. The molecule has 0 aromatic heterocycles. The van der Waals surface area contributed by atoms with Crippen molar-refractivity contribution >= 4 is 17.7 Å². The molecule has 1 amide bonds. The molecule has 1 saturated carbocycles. The van der Waals surface area contributed by atoms with Crippen molar-refractivity contribution in [2.24, 2.45) is 11.7 Å². The van der Waals surface area contributed by atoms with Crippen LogP contribution < -0.4 is 5.73 Å². The number of nitrogens with zero attached hydrogens (tertiary/aromatic N) is 1. The van der Waals surface area contributed by atoms with Crippen molar-refractivity contribution in [2.75, 3.05) is 13.3 Å². The molecule has 0 spiro atoms. The Morgan fingerprint density at radius 3 is 2.57 bits per heavy atom. The molecule has 116 valence electrons. The van der Waals surface area contributed by atoms with Gasteiger partial charge in [0, 0.05) is 24.5 Å². The largest absolute Gasteiger partial charge is 0.341 e. The normalized spacial score (nSPS) is 22.6. The number of amides is 1. The van der Waals surface area contributed by atoms with Crippen LogP contribution in [-0.2, 0) is 11.3 Å². The molecule has 0 radical (unpaired) electrons. The third-order valence-corrected chi connectivity index (χ3v) is 5.09. The molecule has 21 heavy (non-hydrogen) atoms. The number of nitrogens with two attached hydrogens (primary N) is 1. The van der Waals surface area contributed by atoms with Crippen LogP contribution >= 0.6 is 11.8 Å². The van der Waals surface area contributed by atoms with Gasteiger partial charge in [0.1, 0.15) is 0 Å². The fourth-order valence-electron chi connectivity index (χ4n) is 3.01. The molecule has 2 unspecified atom stereocenters. The number of rotatable bonds is 4. The van der Waals surface area contributed by atoms with Crippen molar-refractivity contribution in [3.8, 4) is 0 Å². The lowest BCUT2D eigenvalue weighted by molar-refractivity contribution is -0.135. The first-order valence-electron chi connectivity index (χ1n) is 7.75. The second-order valence-electron chi connectivity index (χ2n) is 5.95. The number of hydrogen-bond acceptors (Lipinski definition) is 3. The third kappa shape index (κ3) is 4.48. The van der Waals surface area contributed by atoms with E-state index < -0.39 is 0 Å². The maximum absolute atomic E-state index is 12.6. The SMILES string of the molecule is CSc1ccc(CN(C)C(=O)C2CCCCCC2N)cc1. The predicted octanol–water partition coefficient (Wildman–Crippen LogP) is 3.27. The Morgan fingerprint density at radius 1 is 1.24 bits per heavy atom. The van der Waals surface area contributed by atoms with Crippen LogP contribution in [0.1, 0.15) is 37.7 Å². The summed E-state index contributed by atoms with van der Waals surface area (Å²) in [7, 11) is 1.89. The molecule has 1 fully saturated rings.